The Kier molecular flexibility index (Phi) is 10.9. The molecule has 0 aromatic rings. The molecule has 1 rings (SSSR count). The summed E-state index contributed by atoms with van der Waals surface area (Å²) in [6.45, 7) is 3.89. The second-order valence-corrected chi connectivity index (χ2v) is 5.63. The Morgan fingerprint density at radius 3 is 2.11 bits per heavy atom. The smallest absolute Gasteiger partial charge is 0.116 e. The second kappa shape index (κ2) is 12.5. The number of ether oxygens (including phenoxy) is 2. The third-order valence-corrected chi connectivity index (χ3v) is 3.60. The second-order valence-electron chi connectivity index (χ2n) is 5.63. The maximum absolute atomic E-state index is 5.34. The maximum atomic E-state index is 5.34. The molecule has 0 aliphatic carbocycles. The van der Waals surface area contributed by atoms with Gasteiger partial charge in [0, 0.05) is 0 Å². The van der Waals surface area contributed by atoms with Gasteiger partial charge in [-0.1, -0.05) is 64.7 Å². The molecule has 0 bridgehead atoms. The van der Waals surface area contributed by atoms with Crippen LogP contribution in [0, 0.1) is 0 Å². The molecule has 0 spiro atoms. The zero-order valence-electron chi connectivity index (χ0n) is 12.7. The molecule has 1 aliphatic rings. The van der Waals surface area contributed by atoms with E-state index in [1.165, 1.54) is 64.2 Å². The first-order chi connectivity index (χ1) is 9.43. The molecular weight excluding hydrogens is 236 g/mol. The summed E-state index contributed by atoms with van der Waals surface area (Å²) in [7, 11) is 0. The van der Waals surface area contributed by atoms with Gasteiger partial charge >= 0.3 is 0 Å². The van der Waals surface area contributed by atoms with Gasteiger partial charge in [0.05, 0.1) is 12.9 Å². The standard InChI is InChI=1S/C17H32O2/c1-2-3-4-5-6-7-8-9-10-11-12-13-14-18-15-17-16-19-17/h13-14,17H,2-12,15-16H2,1H3. The molecule has 0 radical (unpaired) electrons. The van der Waals surface area contributed by atoms with E-state index in [0.29, 0.717) is 6.10 Å². The van der Waals surface area contributed by atoms with Gasteiger partial charge < -0.3 is 9.47 Å². The van der Waals surface area contributed by atoms with Crippen LogP contribution in [-0.2, 0) is 9.47 Å². The first kappa shape index (κ1) is 16.6. The summed E-state index contributed by atoms with van der Waals surface area (Å²) < 4.78 is 10.4. The molecule has 1 saturated heterocycles. The average molecular weight is 268 g/mol. The van der Waals surface area contributed by atoms with E-state index >= 15 is 0 Å². The lowest BCUT2D eigenvalue weighted by atomic mass is 10.1. The van der Waals surface area contributed by atoms with E-state index in [2.05, 4.69) is 13.0 Å². The van der Waals surface area contributed by atoms with E-state index in [0.717, 1.165) is 19.6 Å². The fraction of sp³-hybridized carbons (Fsp3) is 0.882. The van der Waals surface area contributed by atoms with Crippen LogP contribution in [0.5, 0.6) is 0 Å². The van der Waals surface area contributed by atoms with Gasteiger partial charge in [-0.25, -0.2) is 0 Å². The molecule has 1 heterocycles. The van der Waals surface area contributed by atoms with Crippen LogP contribution >= 0.6 is 0 Å². The third-order valence-electron chi connectivity index (χ3n) is 3.60. The van der Waals surface area contributed by atoms with Crippen LogP contribution in [0.4, 0.5) is 0 Å². The molecule has 2 heteroatoms. The largest absolute Gasteiger partial charge is 0.499 e. The van der Waals surface area contributed by atoms with Crippen molar-refractivity contribution in [1.82, 2.24) is 0 Å². The van der Waals surface area contributed by atoms with Crippen molar-refractivity contribution in [3.8, 4) is 0 Å². The van der Waals surface area contributed by atoms with E-state index < -0.39 is 0 Å². The minimum absolute atomic E-state index is 0.377. The third kappa shape index (κ3) is 12.3. The Morgan fingerprint density at radius 2 is 1.53 bits per heavy atom. The fourth-order valence-electron chi connectivity index (χ4n) is 2.21. The average Bonchev–Trinajstić information content (AvgIpc) is 3.23. The highest BCUT2D eigenvalue weighted by Gasteiger charge is 2.22. The van der Waals surface area contributed by atoms with Gasteiger partial charge in [-0.15, -0.1) is 0 Å². The van der Waals surface area contributed by atoms with Crippen molar-refractivity contribution in [2.75, 3.05) is 13.2 Å². The fourth-order valence-corrected chi connectivity index (χ4v) is 2.21. The molecule has 1 unspecified atom stereocenters. The van der Waals surface area contributed by atoms with Gasteiger partial charge in [0.1, 0.15) is 12.7 Å². The lowest BCUT2D eigenvalue weighted by molar-refractivity contribution is 0.211. The lowest BCUT2D eigenvalue weighted by Gasteiger charge is -2.01. The van der Waals surface area contributed by atoms with Crippen LogP contribution in [0.2, 0.25) is 0 Å². The molecule has 19 heavy (non-hydrogen) atoms. The van der Waals surface area contributed by atoms with Crippen LogP contribution in [-0.4, -0.2) is 19.3 Å². The SMILES string of the molecule is CCCCCCCCCCCCC=COCC1CO1. The number of rotatable bonds is 14. The van der Waals surface area contributed by atoms with Crippen LogP contribution in [0.15, 0.2) is 12.3 Å². The molecule has 0 N–H and O–H groups in total. The van der Waals surface area contributed by atoms with Crippen LogP contribution in [0.3, 0.4) is 0 Å². The maximum Gasteiger partial charge on any atom is 0.116 e. The number of hydrogen-bond donors (Lipinski definition) is 0. The zero-order chi connectivity index (χ0) is 13.6. The molecule has 0 aromatic carbocycles. The number of epoxide rings is 1. The predicted molar refractivity (Wildman–Crippen MR) is 81.3 cm³/mol. The van der Waals surface area contributed by atoms with Crippen molar-refractivity contribution in [1.29, 1.82) is 0 Å². The highest BCUT2D eigenvalue weighted by molar-refractivity contribution is 4.75. The van der Waals surface area contributed by atoms with Crippen molar-refractivity contribution < 1.29 is 9.47 Å². The summed E-state index contributed by atoms with van der Waals surface area (Å²) in [5.41, 5.74) is 0. The number of allylic oxidation sites excluding steroid dienone is 1. The Labute approximate surface area is 119 Å². The highest BCUT2D eigenvalue weighted by atomic mass is 16.6. The van der Waals surface area contributed by atoms with Gasteiger partial charge in [0.25, 0.3) is 0 Å². The number of unbranched alkanes of at least 4 members (excludes halogenated alkanes) is 10. The monoisotopic (exact) mass is 268 g/mol. The minimum atomic E-state index is 0.377. The topological polar surface area (TPSA) is 21.8 Å². The van der Waals surface area contributed by atoms with Gasteiger partial charge in [-0.05, 0) is 18.9 Å². The first-order valence-electron chi connectivity index (χ1n) is 8.31. The summed E-state index contributed by atoms with van der Waals surface area (Å²) in [5, 5.41) is 0. The van der Waals surface area contributed by atoms with Crippen LogP contribution in [0.1, 0.15) is 77.6 Å². The molecular formula is C17H32O2. The summed E-state index contributed by atoms with van der Waals surface area (Å²) in [6.07, 6.45) is 19.5. The Balaban J connectivity index is 1.66. The molecule has 0 saturated carbocycles. The van der Waals surface area contributed by atoms with Crippen molar-refractivity contribution in [2.45, 2.75) is 83.7 Å². The zero-order valence-corrected chi connectivity index (χ0v) is 12.7. The quantitative estimate of drug-likeness (QED) is 0.244. The molecule has 0 amide bonds. The van der Waals surface area contributed by atoms with Gasteiger partial charge in [-0.3, -0.25) is 0 Å². The van der Waals surface area contributed by atoms with Gasteiger partial charge in [-0.2, -0.15) is 0 Å². The van der Waals surface area contributed by atoms with E-state index in [-0.39, 0.29) is 0 Å². The molecule has 0 aromatic heterocycles. The van der Waals surface area contributed by atoms with Crippen molar-refractivity contribution in [2.24, 2.45) is 0 Å². The normalized spacial score (nSPS) is 18.1. The predicted octanol–water partition coefficient (Wildman–Crippen LogP) is 5.23. The Morgan fingerprint density at radius 1 is 0.947 bits per heavy atom. The van der Waals surface area contributed by atoms with Gasteiger partial charge in [0.2, 0.25) is 0 Å². The van der Waals surface area contributed by atoms with E-state index in [9.17, 15) is 0 Å². The Bertz CT molecular complexity index is 209. The van der Waals surface area contributed by atoms with E-state index in [4.69, 9.17) is 9.47 Å². The highest BCUT2D eigenvalue weighted by Crippen LogP contribution is 2.11. The molecule has 112 valence electrons. The van der Waals surface area contributed by atoms with Crippen LogP contribution in [0.25, 0.3) is 0 Å². The van der Waals surface area contributed by atoms with E-state index in [1.807, 2.05) is 6.26 Å². The summed E-state index contributed by atoms with van der Waals surface area (Å²) in [4.78, 5) is 0. The van der Waals surface area contributed by atoms with Gasteiger partial charge in [0.15, 0.2) is 0 Å². The van der Waals surface area contributed by atoms with E-state index in [1.54, 1.807) is 0 Å². The number of hydrogen-bond acceptors (Lipinski definition) is 2. The minimum Gasteiger partial charge on any atom is -0.499 e. The van der Waals surface area contributed by atoms with Crippen molar-refractivity contribution in [3.63, 3.8) is 0 Å². The van der Waals surface area contributed by atoms with Crippen LogP contribution < -0.4 is 0 Å². The molecule has 1 aliphatic heterocycles. The summed E-state index contributed by atoms with van der Waals surface area (Å²) in [6, 6.07) is 0. The van der Waals surface area contributed by atoms with Crippen molar-refractivity contribution >= 4 is 0 Å². The van der Waals surface area contributed by atoms with Crippen molar-refractivity contribution in [3.05, 3.63) is 12.3 Å². The lowest BCUT2D eigenvalue weighted by Crippen LogP contribution is -1.94. The molecule has 2 nitrogen and oxygen atoms in total. The molecule has 1 atom stereocenters. The Hall–Kier alpha value is -0.500. The summed E-state index contributed by atoms with van der Waals surface area (Å²) >= 11 is 0. The molecule has 1 fully saturated rings. The first-order valence-corrected chi connectivity index (χ1v) is 8.31. The summed E-state index contributed by atoms with van der Waals surface area (Å²) in [5.74, 6) is 0.